The second-order valence-electron chi connectivity index (χ2n) is 4.75. The molecule has 0 atom stereocenters. The van der Waals surface area contributed by atoms with Crippen molar-refractivity contribution in [1.82, 2.24) is 4.31 Å². The number of halogens is 1. The zero-order valence-electron chi connectivity index (χ0n) is 11.9. The van der Waals surface area contributed by atoms with E-state index in [1.165, 1.54) is 6.08 Å². The smallest absolute Gasteiger partial charge is 0.304 e. The van der Waals surface area contributed by atoms with E-state index in [0.717, 1.165) is 9.71 Å². The van der Waals surface area contributed by atoms with E-state index in [1.54, 1.807) is 38.1 Å². The summed E-state index contributed by atoms with van der Waals surface area (Å²) >= 11 is 5.76. The molecule has 0 aliphatic rings. The minimum Gasteiger partial charge on any atom is -0.481 e. The van der Waals surface area contributed by atoms with Crippen LogP contribution in [0, 0.1) is 0 Å². The van der Waals surface area contributed by atoms with E-state index in [4.69, 9.17) is 16.7 Å². The van der Waals surface area contributed by atoms with Crippen LogP contribution in [-0.4, -0.2) is 36.4 Å². The fraction of sp³-hybridized carbons (Fsp3) is 0.357. The molecule has 1 aromatic carbocycles. The van der Waals surface area contributed by atoms with Crippen LogP contribution in [0.15, 0.2) is 29.7 Å². The van der Waals surface area contributed by atoms with Gasteiger partial charge >= 0.3 is 5.97 Å². The highest BCUT2D eigenvalue weighted by Gasteiger charge is 2.22. The Morgan fingerprint density at radius 3 is 2.38 bits per heavy atom. The summed E-state index contributed by atoms with van der Waals surface area (Å²) in [5.74, 6) is -1.03. The average molecular weight is 332 g/mol. The van der Waals surface area contributed by atoms with Crippen molar-refractivity contribution >= 4 is 33.7 Å². The van der Waals surface area contributed by atoms with Crippen LogP contribution in [0.2, 0.25) is 5.02 Å². The zero-order valence-corrected chi connectivity index (χ0v) is 13.4. The maximum absolute atomic E-state index is 12.2. The minimum atomic E-state index is -3.67. The van der Waals surface area contributed by atoms with Crippen molar-refractivity contribution in [2.24, 2.45) is 0 Å². The molecule has 0 aromatic heterocycles. The Morgan fingerprint density at radius 2 is 1.90 bits per heavy atom. The van der Waals surface area contributed by atoms with Crippen LogP contribution in [0.1, 0.15) is 25.8 Å². The molecular formula is C14H18ClNO4S. The number of carboxylic acid groups (broad SMARTS) is 1. The summed E-state index contributed by atoms with van der Waals surface area (Å²) in [6, 6.07) is 6.41. The Hall–Kier alpha value is -1.37. The Kier molecular flexibility index (Phi) is 6.39. The predicted octanol–water partition coefficient (Wildman–Crippen LogP) is 2.83. The third-order valence-electron chi connectivity index (χ3n) is 2.75. The number of carboxylic acids is 1. The molecule has 116 valence electrons. The number of hydrogen-bond donors (Lipinski definition) is 1. The summed E-state index contributed by atoms with van der Waals surface area (Å²) in [5.41, 5.74) is 0.699. The van der Waals surface area contributed by atoms with Gasteiger partial charge in [0.1, 0.15) is 0 Å². The molecule has 21 heavy (non-hydrogen) atoms. The largest absolute Gasteiger partial charge is 0.481 e. The number of aliphatic carboxylic acids is 1. The quantitative estimate of drug-likeness (QED) is 0.833. The molecule has 0 aliphatic heterocycles. The topological polar surface area (TPSA) is 74.7 Å². The van der Waals surface area contributed by atoms with Gasteiger partial charge in [-0.05, 0) is 37.6 Å². The van der Waals surface area contributed by atoms with E-state index in [0.29, 0.717) is 10.6 Å². The first-order valence-corrected chi connectivity index (χ1v) is 8.28. The molecule has 5 nitrogen and oxygen atoms in total. The SMILES string of the molecule is CC(C)N(CCC(=O)O)S(=O)(=O)/C=C/c1ccc(Cl)cc1. The second-order valence-corrected chi connectivity index (χ2v) is 6.96. The van der Waals surface area contributed by atoms with Crippen molar-refractivity contribution in [3.05, 3.63) is 40.3 Å². The van der Waals surface area contributed by atoms with Crippen LogP contribution >= 0.6 is 11.6 Å². The molecule has 0 unspecified atom stereocenters. The molecule has 0 fully saturated rings. The summed E-state index contributed by atoms with van der Waals surface area (Å²) in [6.07, 6.45) is 1.23. The molecule has 0 radical (unpaired) electrons. The van der Waals surface area contributed by atoms with E-state index in [1.807, 2.05) is 0 Å². The first-order chi connectivity index (χ1) is 9.72. The monoisotopic (exact) mass is 331 g/mol. The number of nitrogens with zero attached hydrogens (tertiary/aromatic N) is 1. The number of hydrogen-bond acceptors (Lipinski definition) is 3. The molecule has 7 heteroatoms. The van der Waals surface area contributed by atoms with Crippen LogP contribution in [0.3, 0.4) is 0 Å². The predicted molar refractivity (Wildman–Crippen MR) is 83.5 cm³/mol. The van der Waals surface area contributed by atoms with Gasteiger partial charge in [0.2, 0.25) is 10.0 Å². The lowest BCUT2D eigenvalue weighted by molar-refractivity contribution is -0.137. The summed E-state index contributed by atoms with van der Waals surface area (Å²) in [5, 5.41) is 10.3. The first kappa shape index (κ1) is 17.7. The highest BCUT2D eigenvalue weighted by Crippen LogP contribution is 2.14. The molecular weight excluding hydrogens is 314 g/mol. The van der Waals surface area contributed by atoms with Crippen LogP contribution in [0.25, 0.3) is 6.08 Å². The summed E-state index contributed by atoms with van der Waals surface area (Å²) < 4.78 is 25.7. The second kappa shape index (κ2) is 7.59. The van der Waals surface area contributed by atoms with Gasteiger partial charge < -0.3 is 5.11 Å². The van der Waals surface area contributed by atoms with Gasteiger partial charge in [-0.2, -0.15) is 4.31 Å². The Bertz CT molecular complexity index is 608. The van der Waals surface area contributed by atoms with Gasteiger partial charge in [0.15, 0.2) is 0 Å². The number of rotatable bonds is 7. The maximum atomic E-state index is 12.2. The van der Waals surface area contributed by atoms with Crippen LogP contribution in [0.5, 0.6) is 0 Å². The maximum Gasteiger partial charge on any atom is 0.304 e. The van der Waals surface area contributed by atoms with Crippen molar-refractivity contribution in [2.75, 3.05) is 6.54 Å². The Balaban J connectivity index is 2.90. The van der Waals surface area contributed by atoms with Crippen LogP contribution < -0.4 is 0 Å². The van der Waals surface area contributed by atoms with E-state index < -0.39 is 16.0 Å². The van der Waals surface area contributed by atoms with Gasteiger partial charge in [0.05, 0.1) is 6.42 Å². The molecule has 0 bridgehead atoms. The lowest BCUT2D eigenvalue weighted by Gasteiger charge is -2.23. The number of sulfonamides is 1. The van der Waals surface area contributed by atoms with Gasteiger partial charge in [-0.1, -0.05) is 23.7 Å². The van der Waals surface area contributed by atoms with Crippen LogP contribution in [0.4, 0.5) is 0 Å². The van der Waals surface area contributed by atoms with Gasteiger partial charge in [-0.25, -0.2) is 8.42 Å². The van der Waals surface area contributed by atoms with Gasteiger partial charge in [0, 0.05) is 23.0 Å². The van der Waals surface area contributed by atoms with E-state index in [-0.39, 0.29) is 19.0 Å². The molecule has 1 rings (SSSR count). The van der Waals surface area contributed by atoms with Crippen molar-refractivity contribution in [3.8, 4) is 0 Å². The fourth-order valence-electron chi connectivity index (χ4n) is 1.70. The third-order valence-corrected chi connectivity index (χ3v) is 4.74. The van der Waals surface area contributed by atoms with Crippen molar-refractivity contribution in [1.29, 1.82) is 0 Å². The summed E-state index contributed by atoms with van der Waals surface area (Å²) in [6.45, 7) is 3.35. The van der Waals surface area contributed by atoms with Gasteiger partial charge in [0.25, 0.3) is 0 Å². The van der Waals surface area contributed by atoms with Gasteiger partial charge in [-0.3, -0.25) is 4.79 Å². The lowest BCUT2D eigenvalue weighted by atomic mass is 10.2. The molecule has 0 heterocycles. The number of carbonyl (C=O) groups is 1. The standard InChI is InChI=1S/C14H18ClNO4S/c1-11(2)16(9-7-14(17)18)21(19,20)10-8-12-3-5-13(15)6-4-12/h3-6,8,10-11H,7,9H2,1-2H3,(H,17,18)/b10-8+. The van der Waals surface area contributed by atoms with Crippen molar-refractivity contribution < 1.29 is 18.3 Å². The molecule has 0 saturated heterocycles. The molecule has 0 saturated carbocycles. The summed E-state index contributed by atoms with van der Waals surface area (Å²) in [4.78, 5) is 10.6. The highest BCUT2D eigenvalue weighted by molar-refractivity contribution is 7.92. The number of benzene rings is 1. The molecule has 1 aromatic rings. The zero-order chi connectivity index (χ0) is 16.0. The van der Waals surface area contributed by atoms with Crippen molar-refractivity contribution in [2.45, 2.75) is 26.3 Å². The first-order valence-electron chi connectivity index (χ1n) is 6.39. The average Bonchev–Trinajstić information content (AvgIpc) is 2.37. The van der Waals surface area contributed by atoms with E-state index >= 15 is 0 Å². The lowest BCUT2D eigenvalue weighted by Crippen LogP contribution is -2.37. The van der Waals surface area contributed by atoms with E-state index in [2.05, 4.69) is 0 Å². The Morgan fingerprint density at radius 1 is 1.33 bits per heavy atom. The van der Waals surface area contributed by atoms with Crippen molar-refractivity contribution in [3.63, 3.8) is 0 Å². The highest BCUT2D eigenvalue weighted by atomic mass is 35.5. The van der Waals surface area contributed by atoms with Gasteiger partial charge in [-0.15, -0.1) is 0 Å². The molecule has 0 amide bonds. The van der Waals surface area contributed by atoms with E-state index in [9.17, 15) is 13.2 Å². The van der Waals surface area contributed by atoms with Crippen LogP contribution in [-0.2, 0) is 14.8 Å². The summed E-state index contributed by atoms with van der Waals surface area (Å²) in [7, 11) is -3.67. The Labute approximate surface area is 129 Å². The normalized spacial score (nSPS) is 12.4. The fourth-order valence-corrected chi connectivity index (χ4v) is 3.25. The molecule has 0 aliphatic carbocycles. The molecule has 0 spiro atoms. The third kappa shape index (κ3) is 5.87. The molecule has 1 N–H and O–H groups in total. The minimum absolute atomic E-state index is 0.0553.